The zero-order chi connectivity index (χ0) is 21.2. The largest absolute Gasteiger partial charge is 0.493 e. The summed E-state index contributed by atoms with van der Waals surface area (Å²) in [6.45, 7) is 5.28. The van der Waals surface area contributed by atoms with Gasteiger partial charge in [-0.3, -0.25) is 4.90 Å². The van der Waals surface area contributed by atoms with Crippen LogP contribution in [0.1, 0.15) is 36.6 Å². The monoisotopic (exact) mass is 440 g/mol. The van der Waals surface area contributed by atoms with Crippen molar-refractivity contribution < 1.29 is 9.47 Å². The van der Waals surface area contributed by atoms with Crippen molar-refractivity contribution in [2.75, 3.05) is 32.9 Å². The molecule has 1 atom stereocenters. The number of hydrogen-bond acceptors (Lipinski definition) is 5. The number of imidazole rings is 1. The normalized spacial score (nSPS) is 20.5. The number of pyridine rings is 1. The van der Waals surface area contributed by atoms with Crippen LogP contribution in [0, 0.1) is 5.92 Å². The van der Waals surface area contributed by atoms with Crippen LogP contribution in [-0.2, 0) is 18.3 Å². The fraction of sp³-hybridized carbons (Fsp3) is 0.500. The Morgan fingerprint density at radius 1 is 1.19 bits per heavy atom. The van der Waals surface area contributed by atoms with E-state index >= 15 is 0 Å². The molecule has 2 saturated heterocycles. The molecule has 2 aliphatic rings. The summed E-state index contributed by atoms with van der Waals surface area (Å²) in [4.78, 5) is 11.6. The van der Waals surface area contributed by atoms with Gasteiger partial charge < -0.3 is 14.0 Å². The van der Waals surface area contributed by atoms with Crippen LogP contribution in [-0.4, -0.2) is 52.3 Å². The van der Waals surface area contributed by atoms with Gasteiger partial charge in [-0.1, -0.05) is 11.6 Å². The second kappa shape index (κ2) is 9.15. The first-order valence-corrected chi connectivity index (χ1v) is 11.5. The maximum Gasteiger partial charge on any atom is 0.177 e. The molecule has 0 aliphatic carbocycles. The Kier molecular flexibility index (Phi) is 6.12. The molecule has 0 N–H and O–H groups in total. The third kappa shape index (κ3) is 4.56. The number of halogens is 1. The Balaban J connectivity index is 1.23. The lowest BCUT2D eigenvalue weighted by atomic mass is 9.88. The van der Waals surface area contributed by atoms with Gasteiger partial charge in [0.25, 0.3) is 0 Å². The molecule has 31 heavy (non-hydrogen) atoms. The Labute approximate surface area is 188 Å². The molecular formula is C24H29ClN4O2. The van der Waals surface area contributed by atoms with Crippen LogP contribution in [0.15, 0.2) is 36.5 Å². The molecule has 4 heterocycles. The molecule has 0 saturated carbocycles. The lowest BCUT2D eigenvalue weighted by molar-refractivity contribution is 0.165. The van der Waals surface area contributed by atoms with E-state index in [0.29, 0.717) is 18.4 Å². The van der Waals surface area contributed by atoms with Gasteiger partial charge in [0, 0.05) is 30.8 Å². The minimum absolute atomic E-state index is 0.465. The van der Waals surface area contributed by atoms with Crippen LogP contribution in [0.3, 0.4) is 0 Å². The van der Waals surface area contributed by atoms with Gasteiger partial charge in [-0.25, -0.2) is 9.97 Å². The number of hydrogen-bond donors (Lipinski definition) is 0. The van der Waals surface area contributed by atoms with E-state index in [2.05, 4.69) is 33.6 Å². The number of nitrogens with zero attached hydrogens (tertiary/aromatic N) is 4. The topological polar surface area (TPSA) is 52.4 Å². The molecule has 2 aromatic heterocycles. The van der Waals surface area contributed by atoms with Crippen LogP contribution in [0.2, 0.25) is 5.02 Å². The number of aryl methyl sites for hydroxylation is 1. The average Bonchev–Trinajstić information content (AvgIpc) is 3.42. The van der Waals surface area contributed by atoms with Gasteiger partial charge >= 0.3 is 0 Å². The number of likely N-dealkylation sites (tertiary alicyclic amines) is 1. The Bertz CT molecular complexity index is 1040. The van der Waals surface area contributed by atoms with E-state index in [0.717, 1.165) is 79.9 Å². The van der Waals surface area contributed by atoms with Gasteiger partial charge in [-0.15, -0.1) is 0 Å². The number of fused-ring (bicyclic) bond motifs is 1. The van der Waals surface area contributed by atoms with Crippen LogP contribution in [0.25, 0.3) is 11.2 Å². The van der Waals surface area contributed by atoms with E-state index in [1.165, 1.54) is 5.56 Å². The van der Waals surface area contributed by atoms with Crippen molar-refractivity contribution in [1.29, 1.82) is 0 Å². The number of piperidine rings is 1. The zero-order valence-electron chi connectivity index (χ0n) is 18.0. The summed E-state index contributed by atoms with van der Waals surface area (Å²) in [5.74, 6) is 3.01. The highest BCUT2D eigenvalue weighted by molar-refractivity contribution is 6.30. The second-order valence-corrected chi connectivity index (χ2v) is 9.14. The van der Waals surface area contributed by atoms with Gasteiger partial charge in [0.15, 0.2) is 5.65 Å². The summed E-state index contributed by atoms with van der Waals surface area (Å²) in [7, 11) is 2.07. The molecule has 2 fully saturated rings. The lowest BCUT2D eigenvalue weighted by Crippen LogP contribution is -2.33. The zero-order valence-corrected chi connectivity index (χ0v) is 18.7. The average molecular weight is 441 g/mol. The molecule has 164 valence electrons. The summed E-state index contributed by atoms with van der Waals surface area (Å²) in [5.41, 5.74) is 3.15. The smallest absolute Gasteiger partial charge is 0.177 e. The van der Waals surface area contributed by atoms with Crippen molar-refractivity contribution in [3.63, 3.8) is 0 Å². The summed E-state index contributed by atoms with van der Waals surface area (Å²) >= 11 is 6.35. The van der Waals surface area contributed by atoms with Crippen molar-refractivity contribution in [2.45, 2.75) is 31.7 Å². The fourth-order valence-electron chi connectivity index (χ4n) is 4.71. The molecule has 3 aromatic rings. The van der Waals surface area contributed by atoms with E-state index in [-0.39, 0.29) is 0 Å². The van der Waals surface area contributed by atoms with Crippen molar-refractivity contribution in [3.05, 3.63) is 52.9 Å². The fourth-order valence-corrected chi connectivity index (χ4v) is 4.89. The third-order valence-electron chi connectivity index (χ3n) is 6.61. The van der Waals surface area contributed by atoms with Crippen LogP contribution >= 0.6 is 11.6 Å². The molecule has 1 unspecified atom stereocenters. The standard InChI is InChI=1S/C24H29ClN4O2/c1-28-21-3-2-9-26-24(21)27-23(28)14-29-10-6-18(7-11-29)20-13-19(25)4-5-22(20)31-16-17-8-12-30-15-17/h2-5,9,13,17-18H,6-8,10-12,14-16H2,1H3. The second-order valence-electron chi connectivity index (χ2n) is 8.71. The molecular weight excluding hydrogens is 412 g/mol. The van der Waals surface area contributed by atoms with Gasteiger partial charge in [-0.05, 0) is 74.2 Å². The number of rotatable bonds is 6. The minimum atomic E-state index is 0.465. The number of ether oxygens (including phenoxy) is 2. The predicted octanol–water partition coefficient (Wildman–Crippen LogP) is 4.42. The van der Waals surface area contributed by atoms with Gasteiger partial charge in [-0.2, -0.15) is 0 Å². The molecule has 1 aromatic carbocycles. The van der Waals surface area contributed by atoms with Crippen molar-refractivity contribution in [1.82, 2.24) is 19.4 Å². The lowest BCUT2D eigenvalue weighted by Gasteiger charge is -2.32. The van der Waals surface area contributed by atoms with E-state index in [1.54, 1.807) is 6.20 Å². The van der Waals surface area contributed by atoms with E-state index in [4.69, 9.17) is 26.1 Å². The molecule has 0 spiro atoms. The molecule has 2 aliphatic heterocycles. The molecule has 7 heteroatoms. The summed E-state index contributed by atoms with van der Waals surface area (Å²) in [6.07, 6.45) is 5.06. The molecule has 6 nitrogen and oxygen atoms in total. The van der Waals surface area contributed by atoms with Crippen LogP contribution in [0.4, 0.5) is 0 Å². The third-order valence-corrected chi connectivity index (χ3v) is 6.85. The molecule has 0 radical (unpaired) electrons. The van der Waals surface area contributed by atoms with E-state index in [9.17, 15) is 0 Å². The Hall–Kier alpha value is -2.15. The highest BCUT2D eigenvalue weighted by Crippen LogP contribution is 2.36. The highest BCUT2D eigenvalue weighted by Gasteiger charge is 2.25. The number of benzene rings is 1. The SMILES string of the molecule is Cn1c(CN2CCC(c3cc(Cl)ccc3OCC3CCOC3)CC2)nc2ncccc21. The van der Waals surface area contributed by atoms with E-state index in [1.807, 2.05) is 18.2 Å². The highest BCUT2D eigenvalue weighted by atomic mass is 35.5. The predicted molar refractivity (Wildman–Crippen MR) is 122 cm³/mol. The first-order valence-electron chi connectivity index (χ1n) is 11.2. The molecule has 0 bridgehead atoms. The molecule has 0 amide bonds. The maximum absolute atomic E-state index is 6.35. The summed E-state index contributed by atoms with van der Waals surface area (Å²) in [5, 5.41) is 0.779. The van der Waals surface area contributed by atoms with E-state index < -0.39 is 0 Å². The quantitative estimate of drug-likeness (QED) is 0.568. The van der Waals surface area contributed by atoms with Gasteiger partial charge in [0.05, 0.1) is 25.3 Å². The molecule has 5 rings (SSSR count). The van der Waals surface area contributed by atoms with Crippen molar-refractivity contribution in [3.8, 4) is 5.75 Å². The van der Waals surface area contributed by atoms with Crippen molar-refractivity contribution in [2.24, 2.45) is 13.0 Å². The first-order chi connectivity index (χ1) is 15.2. The first kappa shape index (κ1) is 20.7. The van der Waals surface area contributed by atoms with Gasteiger partial charge in [0.2, 0.25) is 0 Å². The summed E-state index contributed by atoms with van der Waals surface area (Å²) in [6, 6.07) is 10.1. The Morgan fingerprint density at radius 2 is 2.06 bits per heavy atom. The maximum atomic E-state index is 6.35. The Morgan fingerprint density at radius 3 is 2.84 bits per heavy atom. The van der Waals surface area contributed by atoms with Crippen LogP contribution < -0.4 is 4.74 Å². The number of aromatic nitrogens is 3. The van der Waals surface area contributed by atoms with Crippen molar-refractivity contribution >= 4 is 22.8 Å². The summed E-state index contributed by atoms with van der Waals surface area (Å²) < 4.78 is 13.9. The van der Waals surface area contributed by atoms with Crippen LogP contribution in [0.5, 0.6) is 5.75 Å². The minimum Gasteiger partial charge on any atom is -0.493 e. The van der Waals surface area contributed by atoms with Gasteiger partial charge in [0.1, 0.15) is 11.6 Å².